The molecule has 3 atom stereocenters. The molecule has 0 bridgehead atoms. The Balaban J connectivity index is 2.05. The fraction of sp³-hybridized carbons (Fsp3) is 0.471. The van der Waals surface area contributed by atoms with E-state index in [0.29, 0.717) is 5.92 Å². The molecule has 0 amide bonds. The van der Waals surface area contributed by atoms with Gasteiger partial charge in [-0.3, -0.25) is 4.98 Å². The van der Waals surface area contributed by atoms with Gasteiger partial charge in [0.2, 0.25) is 0 Å². The van der Waals surface area contributed by atoms with Crippen LogP contribution < -0.4 is 5.32 Å². The first-order chi connectivity index (χ1) is 9.81. The zero-order valence-corrected chi connectivity index (χ0v) is 12.2. The van der Waals surface area contributed by atoms with Crippen molar-refractivity contribution in [3.05, 3.63) is 42.2 Å². The molecule has 1 aromatic heterocycles. The fourth-order valence-electron chi connectivity index (χ4n) is 3.17. The zero-order valence-electron chi connectivity index (χ0n) is 12.2. The zero-order chi connectivity index (χ0) is 13.9. The maximum absolute atomic E-state index is 6.00. The highest BCUT2D eigenvalue weighted by Gasteiger charge is 2.33. The first-order valence-corrected chi connectivity index (χ1v) is 7.49. The van der Waals surface area contributed by atoms with E-state index in [4.69, 9.17) is 4.74 Å². The lowest BCUT2D eigenvalue weighted by atomic mass is 9.90. The molecule has 1 aliphatic heterocycles. The van der Waals surface area contributed by atoms with Gasteiger partial charge in [-0.05, 0) is 35.9 Å². The van der Waals surface area contributed by atoms with Crippen molar-refractivity contribution < 1.29 is 4.74 Å². The molecule has 1 fully saturated rings. The minimum Gasteiger partial charge on any atom is -0.376 e. The number of hydrogen-bond donors (Lipinski definition) is 1. The topological polar surface area (TPSA) is 34.2 Å². The van der Waals surface area contributed by atoms with Crippen LogP contribution in [0, 0.1) is 5.92 Å². The highest BCUT2D eigenvalue weighted by molar-refractivity contribution is 5.85. The third-order valence-corrected chi connectivity index (χ3v) is 4.25. The molecule has 3 heteroatoms. The van der Waals surface area contributed by atoms with Gasteiger partial charge in [-0.25, -0.2) is 0 Å². The molecule has 1 aromatic carbocycles. The fourth-order valence-corrected chi connectivity index (χ4v) is 3.17. The van der Waals surface area contributed by atoms with E-state index in [1.165, 1.54) is 16.3 Å². The van der Waals surface area contributed by atoms with E-state index >= 15 is 0 Å². The number of aromatic nitrogens is 1. The van der Waals surface area contributed by atoms with Gasteiger partial charge in [0.05, 0.1) is 12.1 Å². The van der Waals surface area contributed by atoms with Crippen LogP contribution in [-0.4, -0.2) is 24.2 Å². The Hall–Kier alpha value is -1.45. The molecule has 3 unspecified atom stereocenters. The molecule has 0 radical (unpaired) electrons. The first kappa shape index (κ1) is 13.5. The number of rotatable bonds is 4. The normalized spacial score (nSPS) is 24.1. The largest absolute Gasteiger partial charge is 0.376 e. The summed E-state index contributed by atoms with van der Waals surface area (Å²) in [5, 5.41) is 6.08. The van der Waals surface area contributed by atoms with Crippen LogP contribution in [-0.2, 0) is 4.74 Å². The van der Waals surface area contributed by atoms with Crippen LogP contribution in [0.25, 0.3) is 10.8 Å². The lowest BCUT2D eigenvalue weighted by molar-refractivity contribution is 0.0616. The molecule has 1 saturated heterocycles. The summed E-state index contributed by atoms with van der Waals surface area (Å²) < 4.78 is 6.00. The monoisotopic (exact) mass is 270 g/mol. The Kier molecular flexibility index (Phi) is 3.99. The summed E-state index contributed by atoms with van der Waals surface area (Å²) in [6.45, 7) is 6.24. The van der Waals surface area contributed by atoms with Crippen LogP contribution in [0.3, 0.4) is 0 Å². The van der Waals surface area contributed by atoms with E-state index in [0.717, 1.165) is 19.6 Å². The van der Waals surface area contributed by atoms with E-state index in [-0.39, 0.29) is 12.1 Å². The Bertz CT molecular complexity index is 579. The van der Waals surface area contributed by atoms with E-state index in [2.05, 4.69) is 48.4 Å². The molecule has 1 N–H and O–H groups in total. The molecular weight excluding hydrogens is 248 g/mol. The van der Waals surface area contributed by atoms with Gasteiger partial charge >= 0.3 is 0 Å². The van der Waals surface area contributed by atoms with Gasteiger partial charge in [0.1, 0.15) is 0 Å². The molecule has 106 valence electrons. The number of benzene rings is 1. The molecule has 20 heavy (non-hydrogen) atoms. The van der Waals surface area contributed by atoms with Gasteiger partial charge in [-0.2, -0.15) is 0 Å². The van der Waals surface area contributed by atoms with Gasteiger partial charge in [0, 0.05) is 24.4 Å². The van der Waals surface area contributed by atoms with Crippen LogP contribution >= 0.6 is 0 Å². The molecule has 3 nitrogen and oxygen atoms in total. The van der Waals surface area contributed by atoms with Gasteiger partial charge in [-0.15, -0.1) is 0 Å². The highest BCUT2D eigenvalue weighted by atomic mass is 16.5. The van der Waals surface area contributed by atoms with Crippen molar-refractivity contribution in [3.63, 3.8) is 0 Å². The number of nitrogens with one attached hydrogen (secondary N) is 1. The van der Waals surface area contributed by atoms with E-state index in [9.17, 15) is 0 Å². The molecule has 3 rings (SSSR count). The summed E-state index contributed by atoms with van der Waals surface area (Å²) >= 11 is 0. The maximum Gasteiger partial charge on any atom is 0.0796 e. The van der Waals surface area contributed by atoms with Gasteiger partial charge in [0.15, 0.2) is 0 Å². The van der Waals surface area contributed by atoms with Crippen LogP contribution in [0.15, 0.2) is 36.7 Å². The molecule has 1 aliphatic rings. The third-order valence-electron chi connectivity index (χ3n) is 4.25. The summed E-state index contributed by atoms with van der Waals surface area (Å²) in [4.78, 5) is 4.29. The van der Waals surface area contributed by atoms with E-state index < -0.39 is 0 Å². The third kappa shape index (κ3) is 2.43. The smallest absolute Gasteiger partial charge is 0.0796 e. The number of pyridine rings is 1. The maximum atomic E-state index is 6.00. The van der Waals surface area contributed by atoms with Gasteiger partial charge in [0.25, 0.3) is 0 Å². The highest BCUT2D eigenvalue weighted by Crippen LogP contribution is 2.34. The number of likely N-dealkylation sites (N-methyl/N-ethyl adjacent to an activating group) is 1. The van der Waals surface area contributed by atoms with Crippen molar-refractivity contribution in [1.29, 1.82) is 0 Å². The summed E-state index contributed by atoms with van der Waals surface area (Å²) in [6.07, 6.45) is 5.22. The Morgan fingerprint density at radius 2 is 2.30 bits per heavy atom. The van der Waals surface area contributed by atoms with Crippen molar-refractivity contribution in [2.75, 3.05) is 13.2 Å². The van der Waals surface area contributed by atoms with Crippen molar-refractivity contribution in [1.82, 2.24) is 10.3 Å². The van der Waals surface area contributed by atoms with E-state index in [1.807, 2.05) is 12.4 Å². The summed E-state index contributed by atoms with van der Waals surface area (Å²) in [5.41, 5.74) is 1.30. The molecule has 2 aromatic rings. The average Bonchev–Trinajstić information content (AvgIpc) is 2.90. The second-order valence-corrected chi connectivity index (χ2v) is 5.58. The van der Waals surface area contributed by atoms with Crippen molar-refractivity contribution >= 4 is 10.8 Å². The summed E-state index contributed by atoms with van der Waals surface area (Å²) in [6, 6.07) is 8.78. The second-order valence-electron chi connectivity index (χ2n) is 5.58. The van der Waals surface area contributed by atoms with Gasteiger partial charge < -0.3 is 10.1 Å². The van der Waals surface area contributed by atoms with Crippen molar-refractivity contribution in [2.24, 2.45) is 5.92 Å². The molecule has 0 aliphatic carbocycles. The number of hydrogen-bond acceptors (Lipinski definition) is 3. The standard InChI is InChI=1S/C17H22N2O/c1-3-19-16(17-12(2)8-10-20-17)14-6-4-5-13-7-9-18-11-15(13)14/h4-7,9,11-12,16-17,19H,3,8,10H2,1-2H3. The van der Waals surface area contributed by atoms with E-state index in [1.54, 1.807) is 0 Å². The van der Waals surface area contributed by atoms with Crippen molar-refractivity contribution in [2.45, 2.75) is 32.4 Å². The predicted octanol–water partition coefficient (Wildman–Crippen LogP) is 3.31. The van der Waals surface area contributed by atoms with Crippen LogP contribution in [0.1, 0.15) is 31.9 Å². The summed E-state index contributed by atoms with van der Waals surface area (Å²) in [7, 11) is 0. The Morgan fingerprint density at radius 3 is 3.05 bits per heavy atom. The molecular formula is C17H22N2O. The van der Waals surface area contributed by atoms with Crippen LogP contribution in [0.4, 0.5) is 0 Å². The first-order valence-electron chi connectivity index (χ1n) is 7.49. The molecule has 0 spiro atoms. The SMILES string of the molecule is CCNC(c1cccc2ccncc12)C1OCCC1C. The quantitative estimate of drug-likeness (QED) is 0.925. The number of ether oxygens (including phenoxy) is 1. The number of nitrogens with zero attached hydrogens (tertiary/aromatic N) is 1. The Morgan fingerprint density at radius 1 is 1.40 bits per heavy atom. The molecule has 0 saturated carbocycles. The van der Waals surface area contributed by atoms with Crippen LogP contribution in [0.5, 0.6) is 0 Å². The average molecular weight is 270 g/mol. The second kappa shape index (κ2) is 5.90. The van der Waals surface area contributed by atoms with Crippen LogP contribution in [0.2, 0.25) is 0 Å². The summed E-state index contributed by atoms with van der Waals surface area (Å²) in [5.74, 6) is 0.589. The minimum absolute atomic E-state index is 0.241. The van der Waals surface area contributed by atoms with Crippen molar-refractivity contribution in [3.8, 4) is 0 Å². The number of fused-ring (bicyclic) bond motifs is 1. The predicted molar refractivity (Wildman–Crippen MR) is 81.7 cm³/mol. The Labute approximate surface area is 120 Å². The lowest BCUT2D eigenvalue weighted by Gasteiger charge is -2.28. The molecule has 2 heterocycles. The lowest BCUT2D eigenvalue weighted by Crippen LogP contribution is -2.34. The minimum atomic E-state index is 0.241. The van der Waals surface area contributed by atoms with Gasteiger partial charge in [-0.1, -0.05) is 32.0 Å².